The minimum atomic E-state index is -0.494. The zero-order valence-corrected chi connectivity index (χ0v) is 14.7. The third-order valence-corrected chi connectivity index (χ3v) is 4.42. The summed E-state index contributed by atoms with van der Waals surface area (Å²) < 4.78 is 0. The molecule has 1 aliphatic carbocycles. The first-order chi connectivity index (χ1) is 12.1. The van der Waals surface area contributed by atoms with E-state index in [1.54, 1.807) is 6.20 Å². The molecular formula is C17H27N5O3. The fourth-order valence-corrected chi connectivity index (χ4v) is 2.97. The van der Waals surface area contributed by atoms with Gasteiger partial charge in [0.15, 0.2) is 0 Å². The summed E-state index contributed by atoms with van der Waals surface area (Å²) >= 11 is 0. The molecule has 8 nitrogen and oxygen atoms in total. The van der Waals surface area contributed by atoms with Crippen molar-refractivity contribution in [2.24, 2.45) is 5.92 Å². The lowest BCUT2D eigenvalue weighted by atomic mass is 9.98. The maximum Gasteiger partial charge on any atom is 0.243 e. The van der Waals surface area contributed by atoms with Crippen molar-refractivity contribution in [1.29, 1.82) is 0 Å². The van der Waals surface area contributed by atoms with Gasteiger partial charge in [0.2, 0.25) is 18.3 Å². The van der Waals surface area contributed by atoms with Crippen molar-refractivity contribution in [2.45, 2.75) is 58.3 Å². The molecular weight excluding hydrogens is 322 g/mol. The van der Waals surface area contributed by atoms with E-state index >= 15 is 0 Å². The van der Waals surface area contributed by atoms with E-state index in [9.17, 15) is 14.8 Å². The third kappa shape index (κ3) is 5.97. The van der Waals surface area contributed by atoms with Crippen molar-refractivity contribution in [3.63, 3.8) is 0 Å². The van der Waals surface area contributed by atoms with Gasteiger partial charge in [-0.05, 0) is 37.7 Å². The molecule has 1 heterocycles. The Balaban J connectivity index is 1.91. The number of unbranched alkanes of at least 4 members (excludes halogenated alkanes) is 2. The van der Waals surface area contributed by atoms with E-state index in [1.807, 2.05) is 0 Å². The Morgan fingerprint density at radius 3 is 2.96 bits per heavy atom. The van der Waals surface area contributed by atoms with Crippen LogP contribution in [0.25, 0.3) is 0 Å². The summed E-state index contributed by atoms with van der Waals surface area (Å²) in [6.07, 6.45) is 9.80. The molecule has 1 atom stereocenters. The first-order valence-electron chi connectivity index (χ1n) is 8.95. The zero-order valence-electron chi connectivity index (χ0n) is 14.7. The van der Waals surface area contributed by atoms with Crippen molar-refractivity contribution >= 4 is 18.3 Å². The molecule has 1 aromatic rings. The third-order valence-electron chi connectivity index (χ3n) is 4.42. The number of aromatic nitrogens is 2. The molecule has 0 unspecified atom stereocenters. The van der Waals surface area contributed by atoms with Gasteiger partial charge in [0, 0.05) is 11.9 Å². The van der Waals surface area contributed by atoms with Crippen LogP contribution in [0.1, 0.15) is 56.7 Å². The van der Waals surface area contributed by atoms with Gasteiger partial charge in [0.05, 0.1) is 12.5 Å². The number of hydrogen-bond acceptors (Lipinski definition) is 6. The van der Waals surface area contributed by atoms with Crippen molar-refractivity contribution in [2.75, 3.05) is 12.0 Å². The zero-order chi connectivity index (χ0) is 18.1. The van der Waals surface area contributed by atoms with Crippen molar-refractivity contribution in [3.8, 4) is 0 Å². The summed E-state index contributed by atoms with van der Waals surface area (Å²) in [5, 5.41) is 9.90. The summed E-state index contributed by atoms with van der Waals surface area (Å²) in [7, 11) is 0. The lowest BCUT2D eigenvalue weighted by molar-refractivity contribution is -0.154. The Labute approximate surface area is 148 Å². The lowest BCUT2D eigenvalue weighted by Gasteiger charge is -2.20. The molecule has 0 saturated carbocycles. The van der Waals surface area contributed by atoms with E-state index in [4.69, 9.17) is 0 Å². The summed E-state index contributed by atoms with van der Waals surface area (Å²) in [5.41, 5.74) is 7.54. The number of fused-ring (bicyclic) bond motifs is 1. The van der Waals surface area contributed by atoms with Gasteiger partial charge >= 0.3 is 0 Å². The molecule has 3 N–H and O–H groups in total. The molecule has 2 rings (SSSR count). The number of hydrazine groups is 1. The Hall–Kier alpha value is -2.22. The maximum absolute atomic E-state index is 12.4. The van der Waals surface area contributed by atoms with Gasteiger partial charge < -0.3 is 0 Å². The Morgan fingerprint density at radius 2 is 2.20 bits per heavy atom. The topological polar surface area (TPSA) is 107 Å². The van der Waals surface area contributed by atoms with Crippen LogP contribution in [-0.2, 0) is 22.4 Å². The van der Waals surface area contributed by atoms with Gasteiger partial charge in [-0.15, -0.1) is 0 Å². The number of carbonyl (C=O) groups excluding carboxylic acids is 2. The van der Waals surface area contributed by atoms with E-state index in [0.717, 1.165) is 50.6 Å². The number of nitrogens with zero attached hydrogens (tertiary/aromatic N) is 3. The molecule has 0 radical (unpaired) electrons. The van der Waals surface area contributed by atoms with Crippen LogP contribution >= 0.6 is 0 Å². The average Bonchev–Trinajstić information content (AvgIpc) is 2.65. The number of hydrogen-bond donors (Lipinski definition) is 3. The molecule has 0 aliphatic heterocycles. The van der Waals surface area contributed by atoms with E-state index in [1.165, 1.54) is 5.56 Å². The number of amides is 2. The monoisotopic (exact) mass is 349 g/mol. The fourth-order valence-electron chi connectivity index (χ4n) is 2.97. The van der Waals surface area contributed by atoms with Crippen LogP contribution in [0.15, 0.2) is 6.20 Å². The van der Waals surface area contributed by atoms with Gasteiger partial charge in [-0.2, -0.15) is 0 Å². The molecule has 1 aromatic heterocycles. The summed E-state index contributed by atoms with van der Waals surface area (Å²) in [5.74, 6) is -0.428. The van der Waals surface area contributed by atoms with E-state index < -0.39 is 5.92 Å². The van der Waals surface area contributed by atoms with Crippen LogP contribution in [0.3, 0.4) is 0 Å². The van der Waals surface area contributed by atoms with Gasteiger partial charge in [-0.3, -0.25) is 25.6 Å². The maximum atomic E-state index is 12.4. The smallest absolute Gasteiger partial charge is 0.243 e. The number of hydroxylamine groups is 2. The average molecular weight is 349 g/mol. The standard InChI is InChI=1S/C17H27N5O3/c1-2-3-4-8-14(11-22(25)12-23)16(24)20-21-17-18-10-13-7-5-6-9-15(13)19-17/h10,12,14,25H,2-9,11H2,1H3,(H,20,24)(H,18,19,21)/t14-/m0/s1. The van der Waals surface area contributed by atoms with Crippen molar-refractivity contribution in [3.05, 3.63) is 17.5 Å². The number of rotatable bonds is 10. The van der Waals surface area contributed by atoms with Gasteiger partial charge in [0.1, 0.15) is 0 Å². The van der Waals surface area contributed by atoms with Gasteiger partial charge in [0.25, 0.3) is 0 Å². The van der Waals surface area contributed by atoms with Crippen LogP contribution < -0.4 is 10.9 Å². The quantitative estimate of drug-likeness (QED) is 0.257. The summed E-state index contributed by atoms with van der Waals surface area (Å²) in [4.78, 5) is 31.7. The van der Waals surface area contributed by atoms with Crippen molar-refractivity contribution < 1.29 is 14.8 Å². The summed E-state index contributed by atoms with van der Waals surface area (Å²) in [6.45, 7) is 2.04. The van der Waals surface area contributed by atoms with Gasteiger partial charge in [-0.1, -0.05) is 26.2 Å². The molecule has 1 aliphatic rings. The minimum Gasteiger partial charge on any atom is -0.286 e. The largest absolute Gasteiger partial charge is 0.286 e. The molecule has 0 fully saturated rings. The predicted molar refractivity (Wildman–Crippen MR) is 92.6 cm³/mol. The fraction of sp³-hybridized carbons (Fsp3) is 0.647. The van der Waals surface area contributed by atoms with Crippen LogP contribution in [0.2, 0.25) is 0 Å². The Morgan fingerprint density at radius 1 is 1.40 bits per heavy atom. The molecule has 0 bridgehead atoms. The van der Waals surface area contributed by atoms with E-state index in [0.29, 0.717) is 23.8 Å². The van der Waals surface area contributed by atoms with Crippen LogP contribution in [0.4, 0.5) is 5.95 Å². The van der Waals surface area contributed by atoms with Crippen LogP contribution in [0.5, 0.6) is 0 Å². The summed E-state index contributed by atoms with van der Waals surface area (Å²) in [6, 6.07) is 0. The van der Waals surface area contributed by atoms with E-state index in [2.05, 4.69) is 27.7 Å². The van der Waals surface area contributed by atoms with E-state index in [-0.39, 0.29) is 12.5 Å². The van der Waals surface area contributed by atoms with Crippen LogP contribution in [-0.4, -0.2) is 39.1 Å². The SMILES string of the molecule is CCCCC[C@@H](CN(O)C=O)C(=O)NNc1ncc2c(n1)CCCC2. The molecule has 0 saturated heterocycles. The second-order valence-electron chi connectivity index (χ2n) is 6.41. The molecule has 8 heteroatoms. The van der Waals surface area contributed by atoms with Gasteiger partial charge in [-0.25, -0.2) is 15.0 Å². The molecule has 138 valence electrons. The second kappa shape index (κ2) is 9.93. The highest BCUT2D eigenvalue weighted by Gasteiger charge is 2.21. The first-order valence-corrected chi connectivity index (χ1v) is 8.95. The molecule has 0 aromatic carbocycles. The minimum absolute atomic E-state index is 0.0359. The molecule has 25 heavy (non-hydrogen) atoms. The number of anilines is 1. The first kappa shape index (κ1) is 19.1. The molecule has 2 amide bonds. The highest BCUT2D eigenvalue weighted by atomic mass is 16.5. The van der Waals surface area contributed by atoms with Crippen molar-refractivity contribution in [1.82, 2.24) is 20.5 Å². The normalized spacial score (nSPS) is 14.3. The number of nitrogens with one attached hydrogen (secondary N) is 2. The Bertz CT molecular complexity index is 581. The Kier molecular flexibility index (Phi) is 7.59. The second-order valence-corrected chi connectivity index (χ2v) is 6.41. The molecule has 0 spiro atoms. The highest BCUT2D eigenvalue weighted by molar-refractivity contribution is 5.80. The predicted octanol–water partition coefficient (Wildman–Crippen LogP) is 1.84. The lowest BCUT2D eigenvalue weighted by Crippen LogP contribution is -2.40. The number of aryl methyl sites for hydroxylation is 2. The van der Waals surface area contributed by atoms with Crippen LogP contribution in [0, 0.1) is 5.92 Å². The number of carbonyl (C=O) groups is 2. The highest BCUT2D eigenvalue weighted by Crippen LogP contribution is 2.19.